The Kier molecular flexibility index (Phi) is 5.45. The van der Waals surface area contributed by atoms with Crippen molar-refractivity contribution in [1.29, 1.82) is 0 Å². The monoisotopic (exact) mass is 272 g/mol. The molecule has 0 amide bonds. The average Bonchev–Trinajstić information content (AvgIpc) is 2.50. The van der Waals surface area contributed by atoms with Crippen LogP contribution in [0.5, 0.6) is 0 Å². The van der Waals surface area contributed by atoms with Crippen LogP contribution in [0.3, 0.4) is 0 Å². The summed E-state index contributed by atoms with van der Waals surface area (Å²) in [5, 5.41) is 0.574. The summed E-state index contributed by atoms with van der Waals surface area (Å²) in [6.45, 7) is 1.25. The maximum Gasteiger partial charge on any atom is 0.0426 e. The molecule has 3 heteroatoms. The van der Waals surface area contributed by atoms with E-state index < -0.39 is 0 Å². The molecule has 0 aromatic heterocycles. The van der Waals surface area contributed by atoms with E-state index in [1.54, 1.807) is 0 Å². The third-order valence-electron chi connectivity index (χ3n) is 3.10. The molecule has 0 radical (unpaired) electrons. The van der Waals surface area contributed by atoms with Crippen molar-refractivity contribution in [1.82, 2.24) is 0 Å². The smallest absolute Gasteiger partial charge is 0.0426 e. The minimum absolute atomic E-state index is 0.287. The molecule has 4 N–H and O–H groups in total. The van der Waals surface area contributed by atoms with Crippen LogP contribution < -0.4 is 11.5 Å². The molecule has 0 saturated carbocycles. The summed E-state index contributed by atoms with van der Waals surface area (Å²) in [5.41, 5.74) is 14.4. The van der Waals surface area contributed by atoms with Crippen molar-refractivity contribution in [3.63, 3.8) is 0 Å². The number of rotatable bonds is 6. The highest BCUT2D eigenvalue weighted by molar-refractivity contribution is 7.99. The molecule has 2 atom stereocenters. The van der Waals surface area contributed by atoms with E-state index in [2.05, 4.69) is 48.5 Å². The Morgan fingerprint density at radius 2 is 1.05 bits per heavy atom. The van der Waals surface area contributed by atoms with Crippen molar-refractivity contribution in [2.45, 2.75) is 10.5 Å². The number of thioether (sulfide) groups is 1. The standard InChI is InChI=1S/C16H20N2S/c17-11-15(13-7-3-1-4-8-13)19-16(12-18)14-9-5-2-6-10-14/h1-10,15-16H,11-12,17-18H2/t15-,16-/m0/s1. The lowest BCUT2D eigenvalue weighted by molar-refractivity contribution is 0.894. The number of hydrogen-bond donors (Lipinski definition) is 2. The highest BCUT2D eigenvalue weighted by atomic mass is 32.2. The fourth-order valence-corrected chi connectivity index (χ4v) is 3.32. The molecule has 0 heterocycles. The van der Waals surface area contributed by atoms with Gasteiger partial charge in [0.1, 0.15) is 0 Å². The molecule has 0 spiro atoms. The highest BCUT2D eigenvalue weighted by Crippen LogP contribution is 2.39. The van der Waals surface area contributed by atoms with Crippen LogP contribution in [0.15, 0.2) is 60.7 Å². The molecule has 2 rings (SSSR count). The summed E-state index contributed by atoms with van der Waals surface area (Å²) >= 11 is 1.85. The van der Waals surface area contributed by atoms with Crippen LogP contribution in [0.4, 0.5) is 0 Å². The summed E-state index contributed by atoms with van der Waals surface area (Å²) < 4.78 is 0. The zero-order chi connectivity index (χ0) is 13.5. The van der Waals surface area contributed by atoms with Gasteiger partial charge in [-0.05, 0) is 11.1 Å². The van der Waals surface area contributed by atoms with E-state index in [-0.39, 0.29) is 10.5 Å². The van der Waals surface area contributed by atoms with Gasteiger partial charge in [-0.3, -0.25) is 0 Å². The van der Waals surface area contributed by atoms with Gasteiger partial charge in [-0.25, -0.2) is 0 Å². The van der Waals surface area contributed by atoms with Crippen molar-refractivity contribution in [2.75, 3.05) is 13.1 Å². The Labute approximate surface area is 119 Å². The number of hydrogen-bond acceptors (Lipinski definition) is 3. The van der Waals surface area contributed by atoms with Gasteiger partial charge in [-0.1, -0.05) is 60.7 Å². The molecule has 0 aliphatic heterocycles. The summed E-state index contributed by atoms with van der Waals surface area (Å²) in [6.07, 6.45) is 0. The Balaban J connectivity index is 2.13. The van der Waals surface area contributed by atoms with Crippen molar-refractivity contribution in [3.05, 3.63) is 71.8 Å². The summed E-state index contributed by atoms with van der Waals surface area (Å²) in [6, 6.07) is 20.8. The lowest BCUT2D eigenvalue weighted by Gasteiger charge is -2.22. The van der Waals surface area contributed by atoms with Crippen LogP contribution in [-0.4, -0.2) is 13.1 Å². The Bertz CT molecular complexity index is 427. The third-order valence-corrected chi connectivity index (χ3v) is 4.69. The van der Waals surface area contributed by atoms with Crippen molar-refractivity contribution >= 4 is 11.8 Å². The predicted molar refractivity (Wildman–Crippen MR) is 84.1 cm³/mol. The Hall–Kier alpha value is -1.29. The molecule has 0 aliphatic carbocycles. The van der Waals surface area contributed by atoms with E-state index >= 15 is 0 Å². The minimum atomic E-state index is 0.287. The predicted octanol–water partition coefficient (Wildman–Crippen LogP) is 3.12. The molecular formula is C16H20N2S. The molecule has 19 heavy (non-hydrogen) atoms. The second-order valence-electron chi connectivity index (χ2n) is 4.41. The first-order valence-electron chi connectivity index (χ1n) is 6.50. The molecule has 2 aromatic rings. The van der Waals surface area contributed by atoms with Gasteiger partial charge < -0.3 is 11.5 Å². The molecule has 2 nitrogen and oxygen atoms in total. The SMILES string of the molecule is NC[C@H](S[C@@H](CN)c1ccccc1)c1ccccc1. The maximum atomic E-state index is 5.92. The third kappa shape index (κ3) is 3.83. The Morgan fingerprint density at radius 1 is 0.684 bits per heavy atom. The molecule has 0 bridgehead atoms. The van der Waals surface area contributed by atoms with E-state index in [0.29, 0.717) is 13.1 Å². The van der Waals surface area contributed by atoms with Crippen molar-refractivity contribution < 1.29 is 0 Å². The first-order chi connectivity index (χ1) is 9.35. The second-order valence-corrected chi connectivity index (χ2v) is 5.82. The Morgan fingerprint density at radius 3 is 1.37 bits per heavy atom. The second kappa shape index (κ2) is 7.34. The van der Waals surface area contributed by atoms with Crippen molar-refractivity contribution in [3.8, 4) is 0 Å². The molecule has 0 fully saturated rings. The van der Waals surface area contributed by atoms with Gasteiger partial charge in [0.05, 0.1) is 0 Å². The molecule has 0 unspecified atom stereocenters. The topological polar surface area (TPSA) is 52.0 Å². The fourth-order valence-electron chi connectivity index (χ4n) is 2.07. The fraction of sp³-hybridized carbons (Fsp3) is 0.250. The lowest BCUT2D eigenvalue weighted by atomic mass is 10.1. The average molecular weight is 272 g/mol. The first-order valence-corrected chi connectivity index (χ1v) is 7.45. The molecule has 0 aliphatic rings. The quantitative estimate of drug-likeness (QED) is 0.849. The maximum absolute atomic E-state index is 5.92. The van der Waals surface area contributed by atoms with Gasteiger partial charge in [0.25, 0.3) is 0 Å². The van der Waals surface area contributed by atoms with E-state index in [1.807, 2.05) is 23.9 Å². The number of nitrogens with two attached hydrogens (primary N) is 2. The highest BCUT2D eigenvalue weighted by Gasteiger charge is 2.17. The summed E-state index contributed by atoms with van der Waals surface area (Å²) in [4.78, 5) is 0. The van der Waals surface area contributed by atoms with Crippen LogP contribution in [0.2, 0.25) is 0 Å². The molecule has 2 aromatic carbocycles. The minimum Gasteiger partial charge on any atom is -0.329 e. The van der Waals surface area contributed by atoms with E-state index in [9.17, 15) is 0 Å². The summed E-state index contributed by atoms with van der Waals surface area (Å²) in [7, 11) is 0. The van der Waals surface area contributed by atoms with Crippen LogP contribution in [0.25, 0.3) is 0 Å². The first kappa shape index (κ1) is 14.1. The number of benzene rings is 2. The van der Waals surface area contributed by atoms with Gasteiger partial charge in [0.15, 0.2) is 0 Å². The van der Waals surface area contributed by atoms with Gasteiger partial charge >= 0.3 is 0 Å². The van der Waals surface area contributed by atoms with E-state index in [0.717, 1.165) is 0 Å². The van der Waals surface area contributed by atoms with Crippen LogP contribution in [0, 0.1) is 0 Å². The van der Waals surface area contributed by atoms with E-state index in [4.69, 9.17) is 11.5 Å². The van der Waals surface area contributed by atoms with Crippen molar-refractivity contribution in [2.24, 2.45) is 11.5 Å². The van der Waals surface area contributed by atoms with Crippen LogP contribution >= 0.6 is 11.8 Å². The van der Waals surface area contributed by atoms with Gasteiger partial charge in [0.2, 0.25) is 0 Å². The van der Waals surface area contributed by atoms with Gasteiger partial charge in [0, 0.05) is 23.6 Å². The zero-order valence-corrected chi connectivity index (χ0v) is 11.7. The van der Waals surface area contributed by atoms with Crippen LogP contribution in [-0.2, 0) is 0 Å². The molecular weight excluding hydrogens is 252 g/mol. The van der Waals surface area contributed by atoms with Gasteiger partial charge in [-0.2, -0.15) is 0 Å². The van der Waals surface area contributed by atoms with E-state index in [1.165, 1.54) is 11.1 Å². The largest absolute Gasteiger partial charge is 0.329 e. The summed E-state index contributed by atoms with van der Waals surface area (Å²) in [5.74, 6) is 0. The molecule has 0 saturated heterocycles. The van der Waals surface area contributed by atoms with Crippen LogP contribution in [0.1, 0.15) is 21.6 Å². The molecule has 100 valence electrons. The normalized spacial score (nSPS) is 14.0. The zero-order valence-electron chi connectivity index (χ0n) is 10.9. The van der Waals surface area contributed by atoms with Gasteiger partial charge in [-0.15, -0.1) is 11.8 Å². The lowest BCUT2D eigenvalue weighted by Crippen LogP contribution is -2.15.